The molecule has 29 heavy (non-hydrogen) atoms. The molecular weight excluding hydrogens is 407 g/mol. The van der Waals surface area contributed by atoms with E-state index in [1.54, 1.807) is 22.8 Å². The zero-order chi connectivity index (χ0) is 19.8. The molecule has 144 valence electrons. The first-order valence-corrected chi connectivity index (χ1v) is 10.8. The van der Waals surface area contributed by atoms with Crippen LogP contribution >= 0.6 is 23.1 Å². The summed E-state index contributed by atoms with van der Waals surface area (Å²) in [5.74, 6) is 0.987. The molecule has 3 aromatic heterocycles. The summed E-state index contributed by atoms with van der Waals surface area (Å²) >= 11 is 2.76. The fourth-order valence-electron chi connectivity index (χ4n) is 3.18. The second-order valence-corrected chi connectivity index (χ2v) is 8.36. The summed E-state index contributed by atoms with van der Waals surface area (Å²) in [6.07, 6.45) is 0. The lowest BCUT2D eigenvalue weighted by molar-refractivity contribution is 0.579. The van der Waals surface area contributed by atoms with Crippen molar-refractivity contribution in [3.05, 3.63) is 87.5 Å². The smallest absolute Gasteiger partial charge is 0.272 e. The van der Waals surface area contributed by atoms with Crippen LogP contribution in [0.15, 0.2) is 69.9 Å². The summed E-state index contributed by atoms with van der Waals surface area (Å²) in [6.45, 7) is 0.134. The minimum atomic E-state index is -0.334. The molecule has 0 aliphatic carbocycles. The molecule has 8 heteroatoms. The van der Waals surface area contributed by atoms with E-state index in [1.165, 1.54) is 29.2 Å². The first kappa shape index (κ1) is 18.1. The van der Waals surface area contributed by atoms with Crippen LogP contribution in [0.3, 0.4) is 0 Å². The van der Waals surface area contributed by atoms with Gasteiger partial charge in [0.2, 0.25) is 0 Å². The molecule has 3 heterocycles. The Labute approximate surface area is 173 Å². The molecule has 0 aliphatic rings. The van der Waals surface area contributed by atoms with Gasteiger partial charge < -0.3 is 4.98 Å². The van der Waals surface area contributed by atoms with E-state index in [1.807, 2.05) is 35.7 Å². The third-order valence-electron chi connectivity index (χ3n) is 4.59. The number of halogens is 1. The number of fused-ring (bicyclic) bond motifs is 2. The van der Waals surface area contributed by atoms with Crippen LogP contribution in [-0.4, -0.2) is 19.5 Å². The van der Waals surface area contributed by atoms with Crippen LogP contribution in [0.1, 0.15) is 11.4 Å². The normalized spacial score (nSPS) is 11.5. The number of benzene rings is 2. The van der Waals surface area contributed by atoms with Gasteiger partial charge in [-0.25, -0.2) is 14.4 Å². The summed E-state index contributed by atoms with van der Waals surface area (Å²) in [5, 5.41) is 2.39. The number of imidazole rings is 1. The molecule has 0 radical (unpaired) electrons. The SMILES string of the molecule is O=c1c2sccc2nc(SCc2nc3ccccc3[nH]2)n1Cc1ccccc1F. The molecule has 0 amide bonds. The van der Waals surface area contributed by atoms with E-state index < -0.39 is 0 Å². The van der Waals surface area contributed by atoms with E-state index in [0.717, 1.165) is 16.9 Å². The van der Waals surface area contributed by atoms with Crippen molar-refractivity contribution in [3.63, 3.8) is 0 Å². The Kier molecular flexibility index (Phi) is 4.65. The van der Waals surface area contributed by atoms with E-state index >= 15 is 0 Å². The summed E-state index contributed by atoms with van der Waals surface area (Å²) in [5.41, 5.74) is 2.83. The third-order valence-corrected chi connectivity index (χ3v) is 6.47. The Balaban J connectivity index is 1.53. The predicted molar refractivity (Wildman–Crippen MR) is 115 cm³/mol. The number of nitrogens with one attached hydrogen (secondary N) is 1. The van der Waals surface area contributed by atoms with Gasteiger partial charge in [0.1, 0.15) is 16.3 Å². The van der Waals surface area contributed by atoms with Crippen molar-refractivity contribution in [1.82, 2.24) is 19.5 Å². The molecule has 1 N–H and O–H groups in total. The number of nitrogens with zero attached hydrogens (tertiary/aromatic N) is 3. The highest BCUT2D eigenvalue weighted by Gasteiger charge is 2.15. The maximum Gasteiger partial charge on any atom is 0.272 e. The van der Waals surface area contributed by atoms with Gasteiger partial charge in [-0.2, -0.15) is 0 Å². The van der Waals surface area contributed by atoms with Crippen LogP contribution in [0.25, 0.3) is 21.3 Å². The zero-order valence-electron chi connectivity index (χ0n) is 15.1. The monoisotopic (exact) mass is 422 g/mol. The molecule has 0 bridgehead atoms. The molecule has 2 aromatic carbocycles. The van der Waals surface area contributed by atoms with Crippen molar-refractivity contribution in [2.24, 2.45) is 0 Å². The van der Waals surface area contributed by atoms with Gasteiger partial charge in [0.15, 0.2) is 5.16 Å². The number of aromatic amines is 1. The van der Waals surface area contributed by atoms with E-state index in [9.17, 15) is 9.18 Å². The number of hydrogen-bond acceptors (Lipinski definition) is 5. The largest absolute Gasteiger partial charge is 0.341 e. The van der Waals surface area contributed by atoms with Crippen LogP contribution < -0.4 is 5.56 Å². The number of rotatable bonds is 5. The minimum Gasteiger partial charge on any atom is -0.341 e. The topological polar surface area (TPSA) is 63.6 Å². The van der Waals surface area contributed by atoms with E-state index in [2.05, 4.69) is 15.0 Å². The maximum atomic E-state index is 14.2. The second-order valence-electron chi connectivity index (χ2n) is 6.50. The molecule has 5 rings (SSSR count). The van der Waals surface area contributed by atoms with E-state index in [0.29, 0.717) is 26.7 Å². The molecule has 5 aromatic rings. The maximum absolute atomic E-state index is 14.2. The lowest BCUT2D eigenvalue weighted by atomic mass is 10.2. The lowest BCUT2D eigenvalue weighted by Gasteiger charge is -2.12. The van der Waals surface area contributed by atoms with Gasteiger partial charge in [-0.15, -0.1) is 11.3 Å². The molecule has 5 nitrogen and oxygen atoms in total. The standard InChI is InChI=1S/C21H15FN4OS2/c22-14-6-2-1-5-13(14)11-26-20(27)19-17(9-10-28-19)25-21(26)29-12-18-23-15-7-3-4-8-16(15)24-18/h1-10H,11-12H2,(H,23,24). The molecule has 0 aliphatic heterocycles. The summed E-state index contributed by atoms with van der Waals surface area (Å²) < 4.78 is 16.3. The summed E-state index contributed by atoms with van der Waals surface area (Å²) in [4.78, 5) is 25.6. The average molecular weight is 423 g/mol. The first-order chi connectivity index (χ1) is 14.2. The van der Waals surface area contributed by atoms with Crippen LogP contribution in [0.5, 0.6) is 0 Å². The van der Waals surface area contributed by atoms with Crippen LogP contribution in [0.2, 0.25) is 0 Å². The highest BCUT2D eigenvalue weighted by Crippen LogP contribution is 2.25. The molecule has 0 spiro atoms. The first-order valence-electron chi connectivity index (χ1n) is 8.97. The van der Waals surface area contributed by atoms with Crippen molar-refractivity contribution in [3.8, 4) is 0 Å². The number of para-hydroxylation sites is 2. The van der Waals surface area contributed by atoms with Gasteiger partial charge in [-0.1, -0.05) is 42.1 Å². The lowest BCUT2D eigenvalue weighted by Crippen LogP contribution is -2.23. The van der Waals surface area contributed by atoms with Crippen molar-refractivity contribution in [1.29, 1.82) is 0 Å². The molecule has 0 unspecified atom stereocenters. The third kappa shape index (κ3) is 3.45. The predicted octanol–water partition coefficient (Wildman–Crippen LogP) is 4.81. The zero-order valence-corrected chi connectivity index (χ0v) is 16.8. The summed E-state index contributed by atoms with van der Waals surface area (Å²) in [6, 6.07) is 16.1. The number of thiophene rings is 1. The highest BCUT2D eigenvalue weighted by atomic mass is 32.2. The molecule has 0 saturated carbocycles. The van der Waals surface area contributed by atoms with Gasteiger partial charge in [0.25, 0.3) is 5.56 Å². The minimum absolute atomic E-state index is 0.134. The second kappa shape index (κ2) is 7.46. The van der Waals surface area contributed by atoms with Crippen molar-refractivity contribution >= 4 is 44.3 Å². The van der Waals surface area contributed by atoms with Gasteiger partial charge >= 0.3 is 0 Å². The Morgan fingerprint density at radius 3 is 2.72 bits per heavy atom. The van der Waals surface area contributed by atoms with Crippen molar-refractivity contribution in [2.45, 2.75) is 17.5 Å². The number of H-pyrrole nitrogens is 1. The quantitative estimate of drug-likeness (QED) is 0.326. The van der Waals surface area contributed by atoms with Gasteiger partial charge in [0, 0.05) is 5.56 Å². The Bertz CT molecular complexity index is 1360. The van der Waals surface area contributed by atoms with Crippen LogP contribution in [0.4, 0.5) is 4.39 Å². The van der Waals surface area contributed by atoms with E-state index in [4.69, 9.17) is 0 Å². The van der Waals surface area contributed by atoms with Crippen molar-refractivity contribution < 1.29 is 4.39 Å². The Morgan fingerprint density at radius 1 is 1.03 bits per heavy atom. The fourth-order valence-corrected chi connectivity index (χ4v) is 4.82. The summed E-state index contributed by atoms with van der Waals surface area (Å²) in [7, 11) is 0. The number of thioether (sulfide) groups is 1. The molecular formula is C21H15FN4OS2. The molecule has 0 fully saturated rings. The number of hydrogen-bond donors (Lipinski definition) is 1. The molecule has 0 saturated heterocycles. The fraction of sp³-hybridized carbons (Fsp3) is 0.0952. The Hall–Kier alpha value is -2.97. The van der Waals surface area contributed by atoms with Gasteiger partial charge in [-0.3, -0.25) is 9.36 Å². The average Bonchev–Trinajstić information content (AvgIpc) is 3.36. The van der Waals surface area contributed by atoms with Crippen molar-refractivity contribution in [2.75, 3.05) is 0 Å². The van der Waals surface area contributed by atoms with Crippen LogP contribution in [0, 0.1) is 5.82 Å². The molecule has 0 atom stereocenters. The van der Waals surface area contributed by atoms with Crippen LogP contribution in [-0.2, 0) is 12.3 Å². The van der Waals surface area contributed by atoms with E-state index in [-0.39, 0.29) is 17.9 Å². The van der Waals surface area contributed by atoms with Gasteiger partial charge in [0.05, 0.1) is 28.8 Å². The Morgan fingerprint density at radius 2 is 1.86 bits per heavy atom. The highest BCUT2D eigenvalue weighted by molar-refractivity contribution is 7.98. The van der Waals surface area contributed by atoms with Gasteiger partial charge in [-0.05, 0) is 29.6 Å². The number of aromatic nitrogens is 4.